The van der Waals surface area contributed by atoms with Crippen molar-refractivity contribution in [3.05, 3.63) is 48.0 Å². The predicted octanol–water partition coefficient (Wildman–Crippen LogP) is 1.48. The number of halogens is 1. The van der Waals surface area contributed by atoms with E-state index >= 15 is 0 Å². The second-order valence-electron chi connectivity index (χ2n) is 3.79. The van der Waals surface area contributed by atoms with Gasteiger partial charge in [-0.05, 0) is 24.3 Å². The molecule has 1 aromatic carbocycles. The van der Waals surface area contributed by atoms with Crippen LogP contribution < -0.4 is 10.6 Å². The summed E-state index contributed by atoms with van der Waals surface area (Å²) in [6, 6.07) is 6.93. The molecule has 0 atom stereocenters. The molecule has 7 heteroatoms. The minimum atomic E-state index is -0.487. The normalized spacial score (nSPS) is 11.4. The van der Waals surface area contributed by atoms with E-state index in [1.165, 1.54) is 0 Å². The summed E-state index contributed by atoms with van der Waals surface area (Å²) in [5, 5.41) is 11.5. The zero-order valence-electron chi connectivity index (χ0n) is 10.2. The molecule has 0 saturated carbocycles. The number of hydrogen-bond donors (Lipinski definition) is 2. The van der Waals surface area contributed by atoms with E-state index in [0.29, 0.717) is 11.5 Å². The van der Waals surface area contributed by atoms with E-state index in [2.05, 4.69) is 15.1 Å². The Kier molecular flexibility index (Phi) is 3.56. The number of nitrogens with two attached hydrogens (primary N) is 1. The lowest BCUT2D eigenvalue weighted by atomic mass is 10.2. The van der Waals surface area contributed by atoms with E-state index in [1.807, 2.05) is 0 Å². The van der Waals surface area contributed by atoms with Crippen molar-refractivity contribution in [3.8, 4) is 0 Å². The third-order valence-electron chi connectivity index (χ3n) is 2.56. The minimum Gasteiger partial charge on any atom is -0.409 e. The highest BCUT2D eigenvalue weighted by molar-refractivity contribution is 5.97. The quantitative estimate of drug-likeness (QED) is 0.378. The van der Waals surface area contributed by atoms with Gasteiger partial charge in [0.1, 0.15) is 0 Å². The molecule has 0 unspecified atom stereocenters. The zero-order chi connectivity index (χ0) is 13.8. The van der Waals surface area contributed by atoms with Crippen molar-refractivity contribution in [2.45, 2.75) is 0 Å². The Bertz CT molecular complexity index is 582. The van der Waals surface area contributed by atoms with Crippen molar-refractivity contribution >= 4 is 17.5 Å². The van der Waals surface area contributed by atoms with Gasteiger partial charge in [0.05, 0.1) is 12.4 Å². The number of amidine groups is 1. The van der Waals surface area contributed by atoms with Gasteiger partial charge in [0, 0.05) is 18.3 Å². The number of rotatable bonds is 3. The predicted molar refractivity (Wildman–Crippen MR) is 69.0 cm³/mol. The third kappa shape index (κ3) is 2.76. The first-order valence-corrected chi connectivity index (χ1v) is 5.41. The summed E-state index contributed by atoms with van der Waals surface area (Å²) in [6.45, 7) is 0. The van der Waals surface area contributed by atoms with Crippen LogP contribution in [0.3, 0.4) is 0 Å². The SMILES string of the molecule is CN(c1ccc(/C(N)=N/O)cc1)c1ncc(F)cn1. The van der Waals surface area contributed by atoms with Crippen LogP contribution in [0.2, 0.25) is 0 Å². The average molecular weight is 261 g/mol. The van der Waals surface area contributed by atoms with Gasteiger partial charge in [-0.3, -0.25) is 0 Å². The number of benzene rings is 1. The van der Waals surface area contributed by atoms with Gasteiger partial charge in [0.25, 0.3) is 0 Å². The fourth-order valence-electron chi connectivity index (χ4n) is 1.51. The Balaban J connectivity index is 2.24. The number of oxime groups is 1. The third-order valence-corrected chi connectivity index (χ3v) is 2.56. The van der Waals surface area contributed by atoms with Crippen LogP contribution in [-0.2, 0) is 0 Å². The highest BCUT2D eigenvalue weighted by Crippen LogP contribution is 2.19. The molecule has 2 rings (SSSR count). The molecular weight excluding hydrogens is 249 g/mol. The molecule has 98 valence electrons. The van der Waals surface area contributed by atoms with Gasteiger partial charge in [-0.1, -0.05) is 5.16 Å². The van der Waals surface area contributed by atoms with Crippen LogP contribution in [0.5, 0.6) is 0 Å². The molecule has 0 spiro atoms. The van der Waals surface area contributed by atoms with Crippen molar-refractivity contribution in [2.75, 3.05) is 11.9 Å². The molecule has 0 aliphatic rings. The molecule has 3 N–H and O–H groups in total. The largest absolute Gasteiger partial charge is 0.409 e. The van der Waals surface area contributed by atoms with Gasteiger partial charge in [0.2, 0.25) is 5.95 Å². The van der Waals surface area contributed by atoms with Gasteiger partial charge in [-0.25, -0.2) is 14.4 Å². The van der Waals surface area contributed by atoms with Crippen molar-refractivity contribution in [3.63, 3.8) is 0 Å². The Labute approximate surface area is 109 Å². The lowest BCUT2D eigenvalue weighted by Gasteiger charge is -2.16. The van der Waals surface area contributed by atoms with Crippen molar-refractivity contribution < 1.29 is 9.60 Å². The van der Waals surface area contributed by atoms with Crippen molar-refractivity contribution in [1.29, 1.82) is 0 Å². The molecule has 1 heterocycles. The number of hydrogen-bond acceptors (Lipinski definition) is 5. The monoisotopic (exact) mass is 261 g/mol. The van der Waals surface area contributed by atoms with Gasteiger partial charge >= 0.3 is 0 Å². The van der Waals surface area contributed by atoms with Crippen LogP contribution in [0.1, 0.15) is 5.56 Å². The molecule has 6 nitrogen and oxygen atoms in total. The molecule has 0 fully saturated rings. The first-order chi connectivity index (χ1) is 9.11. The average Bonchev–Trinajstić information content (AvgIpc) is 2.46. The molecule has 2 aromatic rings. The van der Waals surface area contributed by atoms with Crippen LogP contribution in [0, 0.1) is 5.82 Å². The van der Waals surface area contributed by atoms with Crippen molar-refractivity contribution in [2.24, 2.45) is 10.9 Å². The minimum absolute atomic E-state index is 0.0345. The van der Waals surface area contributed by atoms with E-state index in [0.717, 1.165) is 18.1 Å². The lowest BCUT2D eigenvalue weighted by Crippen LogP contribution is -2.15. The first-order valence-electron chi connectivity index (χ1n) is 5.41. The molecule has 0 saturated heterocycles. The van der Waals surface area contributed by atoms with E-state index in [9.17, 15) is 4.39 Å². The second-order valence-corrected chi connectivity index (χ2v) is 3.79. The molecule has 0 bridgehead atoms. The van der Waals surface area contributed by atoms with Gasteiger partial charge in [-0.2, -0.15) is 0 Å². The highest BCUT2D eigenvalue weighted by Gasteiger charge is 2.07. The highest BCUT2D eigenvalue weighted by atomic mass is 19.1. The Morgan fingerprint density at radius 2 is 1.84 bits per heavy atom. The summed E-state index contributed by atoms with van der Waals surface area (Å²) in [5.74, 6) is -0.0791. The fraction of sp³-hybridized carbons (Fsp3) is 0.0833. The van der Waals surface area contributed by atoms with Crippen LogP contribution in [0.25, 0.3) is 0 Å². The molecule has 0 radical (unpaired) electrons. The second kappa shape index (κ2) is 5.30. The Morgan fingerprint density at radius 3 is 2.37 bits per heavy atom. The Hall–Kier alpha value is -2.70. The van der Waals surface area contributed by atoms with E-state index in [1.54, 1.807) is 36.2 Å². The van der Waals surface area contributed by atoms with Crippen LogP contribution in [0.15, 0.2) is 41.8 Å². The molecule has 19 heavy (non-hydrogen) atoms. The topological polar surface area (TPSA) is 87.6 Å². The summed E-state index contributed by atoms with van der Waals surface area (Å²) < 4.78 is 12.7. The lowest BCUT2D eigenvalue weighted by molar-refractivity contribution is 0.318. The summed E-state index contributed by atoms with van der Waals surface area (Å²) in [6.07, 6.45) is 2.20. The molecule has 0 amide bonds. The summed E-state index contributed by atoms with van der Waals surface area (Å²) in [5.41, 5.74) is 6.86. The molecular formula is C12H12FN5O. The fourth-order valence-corrected chi connectivity index (χ4v) is 1.51. The number of anilines is 2. The standard InChI is InChI=1S/C12H12FN5O/c1-18(12-15-6-9(13)7-16-12)10-4-2-8(3-5-10)11(14)17-19/h2-7,19H,1H3,(H2,14,17). The Morgan fingerprint density at radius 1 is 1.26 bits per heavy atom. The van der Waals surface area contributed by atoms with Crippen molar-refractivity contribution in [1.82, 2.24) is 9.97 Å². The maximum absolute atomic E-state index is 12.7. The molecule has 1 aromatic heterocycles. The summed E-state index contributed by atoms with van der Waals surface area (Å²) in [7, 11) is 1.76. The molecule has 0 aliphatic carbocycles. The van der Waals surface area contributed by atoms with E-state index in [-0.39, 0.29) is 5.84 Å². The zero-order valence-corrected chi connectivity index (χ0v) is 10.2. The van der Waals surface area contributed by atoms with Crippen LogP contribution in [0.4, 0.5) is 16.0 Å². The van der Waals surface area contributed by atoms with Crippen LogP contribution in [-0.4, -0.2) is 28.1 Å². The number of aromatic nitrogens is 2. The van der Waals surface area contributed by atoms with Gasteiger partial charge in [-0.15, -0.1) is 0 Å². The maximum Gasteiger partial charge on any atom is 0.229 e. The summed E-state index contributed by atoms with van der Waals surface area (Å²) in [4.78, 5) is 9.45. The number of nitrogens with zero attached hydrogens (tertiary/aromatic N) is 4. The first kappa shape index (κ1) is 12.7. The van der Waals surface area contributed by atoms with Crippen LogP contribution >= 0.6 is 0 Å². The van der Waals surface area contributed by atoms with E-state index in [4.69, 9.17) is 10.9 Å². The maximum atomic E-state index is 12.7. The van der Waals surface area contributed by atoms with Gasteiger partial charge < -0.3 is 15.8 Å². The van der Waals surface area contributed by atoms with Gasteiger partial charge in [0.15, 0.2) is 11.7 Å². The summed E-state index contributed by atoms with van der Waals surface area (Å²) >= 11 is 0. The smallest absolute Gasteiger partial charge is 0.229 e. The molecule has 0 aliphatic heterocycles. The van der Waals surface area contributed by atoms with E-state index < -0.39 is 5.82 Å².